The van der Waals surface area contributed by atoms with E-state index in [4.69, 9.17) is 36.4 Å². The first kappa shape index (κ1) is 31.4. The number of aryl methyl sites for hydroxylation is 1. The number of rotatable bonds is 14. The Bertz CT molecular complexity index is 1430. The minimum Gasteiger partial charge on any atom is -0.454 e. The van der Waals surface area contributed by atoms with Crippen molar-refractivity contribution in [1.29, 1.82) is 0 Å². The average molecular weight is 678 g/mol. The second kappa shape index (κ2) is 14.7. The number of nitrogens with zero attached hydrogens (tertiary/aromatic N) is 5. The van der Waals surface area contributed by atoms with Crippen LogP contribution in [-0.2, 0) is 20.9 Å². The summed E-state index contributed by atoms with van der Waals surface area (Å²) in [5.41, 5.74) is 18.9. The molecule has 1 unspecified atom stereocenters. The number of carbonyl (C=O) groups is 2. The van der Waals surface area contributed by atoms with Crippen molar-refractivity contribution in [3.05, 3.63) is 22.9 Å². The molecule has 232 valence electrons. The Kier molecular flexibility index (Phi) is 10.7. The molecule has 0 bridgehead atoms. The number of carbonyl (C=O) groups excluding carboxylic acids is 2. The number of likely N-dealkylation sites (tertiary alicyclic amines) is 1. The third-order valence-corrected chi connectivity index (χ3v) is 9.72. The smallest absolute Gasteiger partial charge is 0.323 e. The quantitative estimate of drug-likeness (QED) is 0.129. The third kappa shape index (κ3) is 7.76. The molecular weight excluding hydrogens is 640 g/mol. The Morgan fingerprint density at radius 1 is 1.21 bits per heavy atom. The van der Waals surface area contributed by atoms with Crippen LogP contribution in [0.5, 0.6) is 11.5 Å². The highest BCUT2D eigenvalue weighted by molar-refractivity contribution is 9.10. The van der Waals surface area contributed by atoms with Crippen LogP contribution in [-0.4, -0.2) is 81.8 Å². The number of benzene rings is 1. The fraction of sp³-hybridized carbons (Fsp3) is 0.536. The topological polar surface area (TPSA) is 187 Å². The Morgan fingerprint density at radius 3 is 2.72 bits per heavy atom. The standard InChI is InChI=1S/C28H37BrN8O5S/c29-19-11-21-22(41-16-40-21)12-23(19)43-28-35-24-25(32)33-15-34-26(24)37(28)10-6-17-4-8-36(9-5-17)13-18(14-38)42-27(39)20(31)3-1-2-7-30/h11-12,14-15,17-18,20H,1-10,13,16,30-31H2,(H2,32,33,34)/t18?,20-/m0/s1. The van der Waals surface area contributed by atoms with E-state index in [1.54, 1.807) is 0 Å². The van der Waals surface area contributed by atoms with Crippen LogP contribution in [0.1, 0.15) is 38.5 Å². The highest BCUT2D eigenvalue weighted by Gasteiger charge is 2.26. The van der Waals surface area contributed by atoms with Gasteiger partial charge in [0.25, 0.3) is 0 Å². The second-order valence-corrected chi connectivity index (χ2v) is 12.6. The lowest BCUT2D eigenvalue weighted by molar-refractivity contribution is -0.154. The van der Waals surface area contributed by atoms with Gasteiger partial charge in [0.05, 0.1) is 0 Å². The minimum absolute atomic E-state index is 0.198. The number of fused-ring (bicyclic) bond motifs is 2. The van der Waals surface area contributed by atoms with E-state index in [1.165, 1.54) is 18.1 Å². The van der Waals surface area contributed by atoms with E-state index in [0.29, 0.717) is 66.7 Å². The number of nitrogen functional groups attached to an aromatic ring is 1. The van der Waals surface area contributed by atoms with Gasteiger partial charge >= 0.3 is 5.97 Å². The molecule has 43 heavy (non-hydrogen) atoms. The molecule has 0 saturated carbocycles. The highest BCUT2D eigenvalue weighted by atomic mass is 79.9. The van der Waals surface area contributed by atoms with E-state index >= 15 is 0 Å². The van der Waals surface area contributed by atoms with Crippen molar-refractivity contribution in [2.24, 2.45) is 17.4 Å². The Balaban J connectivity index is 1.18. The maximum Gasteiger partial charge on any atom is 0.323 e. The molecule has 0 aliphatic carbocycles. The van der Waals surface area contributed by atoms with Gasteiger partial charge in [-0.15, -0.1) is 0 Å². The monoisotopic (exact) mass is 676 g/mol. The normalized spacial score (nSPS) is 16.8. The lowest BCUT2D eigenvalue weighted by Gasteiger charge is -2.33. The number of unbranched alkanes of at least 4 members (excludes halogenated alkanes) is 1. The maximum atomic E-state index is 12.3. The van der Waals surface area contributed by atoms with Crippen LogP contribution in [0.25, 0.3) is 11.2 Å². The number of ether oxygens (including phenoxy) is 3. The molecule has 1 aromatic carbocycles. The van der Waals surface area contributed by atoms with Crippen LogP contribution in [0.3, 0.4) is 0 Å². The van der Waals surface area contributed by atoms with Crippen LogP contribution in [0.15, 0.2) is 33.0 Å². The molecule has 2 aliphatic heterocycles. The fourth-order valence-electron chi connectivity index (χ4n) is 5.28. The molecule has 1 saturated heterocycles. The van der Waals surface area contributed by atoms with Crippen molar-refractivity contribution >= 4 is 56.9 Å². The largest absolute Gasteiger partial charge is 0.454 e. The lowest BCUT2D eigenvalue weighted by atomic mass is 9.93. The Labute approximate surface area is 262 Å². The number of imidazole rings is 1. The molecule has 15 heteroatoms. The zero-order valence-corrected chi connectivity index (χ0v) is 26.2. The molecule has 0 radical (unpaired) electrons. The van der Waals surface area contributed by atoms with E-state index < -0.39 is 18.1 Å². The predicted octanol–water partition coefficient (Wildman–Crippen LogP) is 2.72. The highest BCUT2D eigenvalue weighted by Crippen LogP contribution is 2.43. The Hall–Kier alpha value is -2.98. The van der Waals surface area contributed by atoms with Crippen molar-refractivity contribution in [3.8, 4) is 11.5 Å². The number of aldehydes is 1. The van der Waals surface area contributed by atoms with Gasteiger partial charge in [0.1, 0.15) is 12.4 Å². The summed E-state index contributed by atoms with van der Waals surface area (Å²) in [6.07, 6.45) is 6.18. The van der Waals surface area contributed by atoms with E-state index in [9.17, 15) is 9.59 Å². The summed E-state index contributed by atoms with van der Waals surface area (Å²) in [5, 5.41) is 0.760. The minimum atomic E-state index is -0.831. The van der Waals surface area contributed by atoms with E-state index in [1.807, 2.05) is 12.1 Å². The van der Waals surface area contributed by atoms with Gasteiger partial charge in [-0.3, -0.25) is 14.5 Å². The molecular formula is C28H37BrN8O5S. The molecule has 6 N–H and O–H groups in total. The average Bonchev–Trinajstić information content (AvgIpc) is 3.61. The van der Waals surface area contributed by atoms with E-state index in [0.717, 1.165) is 59.7 Å². The molecule has 2 aliphatic rings. The number of aromatic nitrogens is 4. The van der Waals surface area contributed by atoms with Crippen molar-refractivity contribution < 1.29 is 23.8 Å². The molecule has 0 spiro atoms. The van der Waals surface area contributed by atoms with Crippen LogP contribution in [0.2, 0.25) is 0 Å². The zero-order valence-electron chi connectivity index (χ0n) is 23.8. The number of nitrogens with two attached hydrogens (primary N) is 3. The summed E-state index contributed by atoms with van der Waals surface area (Å²) in [4.78, 5) is 40.5. The number of halogens is 1. The van der Waals surface area contributed by atoms with Crippen molar-refractivity contribution in [2.75, 3.05) is 38.7 Å². The molecule has 4 heterocycles. The number of esters is 1. The molecule has 1 fully saturated rings. The summed E-state index contributed by atoms with van der Waals surface area (Å²) in [7, 11) is 0. The van der Waals surface area contributed by atoms with Crippen LogP contribution in [0.4, 0.5) is 5.82 Å². The van der Waals surface area contributed by atoms with Crippen LogP contribution in [0, 0.1) is 5.92 Å². The molecule has 2 aromatic heterocycles. The molecule has 5 rings (SSSR count). The van der Waals surface area contributed by atoms with Crippen LogP contribution >= 0.6 is 27.7 Å². The summed E-state index contributed by atoms with van der Waals surface area (Å²) in [6.45, 7) is 3.44. The van der Waals surface area contributed by atoms with Gasteiger partial charge in [-0.1, -0.05) is 18.2 Å². The Morgan fingerprint density at radius 2 is 1.98 bits per heavy atom. The van der Waals surface area contributed by atoms with Gasteiger partial charge in [-0.2, -0.15) is 0 Å². The second-order valence-electron chi connectivity index (χ2n) is 10.8. The van der Waals surface area contributed by atoms with Crippen LogP contribution < -0.4 is 26.7 Å². The van der Waals surface area contributed by atoms with Crippen molar-refractivity contribution in [1.82, 2.24) is 24.4 Å². The summed E-state index contributed by atoms with van der Waals surface area (Å²) >= 11 is 5.14. The van der Waals surface area contributed by atoms with Gasteiger partial charge in [-0.05, 0) is 85.7 Å². The lowest BCUT2D eigenvalue weighted by Crippen LogP contribution is -2.43. The first-order valence-corrected chi connectivity index (χ1v) is 16.0. The number of anilines is 1. The van der Waals surface area contributed by atoms with Crippen molar-refractivity contribution in [2.45, 2.75) is 67.3 Å². The van der Waals surface area contributed by atoms with E-state index in [-0.39, 0.29) is 6.79 Å². The van der Waals surface area contributed by atoms with Gasteiger partial charge in [0.15, 0.2) is 46.0 Å². The number of piperidine rings is 1. The summed E-state index contributed by atoms with van der Waals surface area (Å²) < 4.78 is 19.4. The zero-order chi connectivity index (χ0) is 30.3. The molecule has 0 amide bonds. The fourth-order valence-corrected chi connectivity index (χ4v) is 6.79. The van der Waals surface area contributed by atoms with Gasteiger partial charge < -0.3 is 36.0 Å². The summed E-state index contributed by atoms with van der Waals surface area (Å²) in [6, 6.07) is 3.09. The van der Waals surface area contributed by atoms with E-state index in [2.05, 4.69) is 35.4 Å². The molecule has 2 atom stereocenters. The first-order chi connectivity index (χ1) is 20.9. The number of hydrogen-bond acceptors (Lipinski definition) is 13. The first-order valence-electron chi connectivity index (χ1n) is 14.4. The van der Waals surface area contributed by atoms with Gasteiger partial charge in [0.2, 0.25) is 6.79 Å². The third-order valence-electron chi connectivity index (χ3n) is 7.75. The SMILES string of the molecule is NCCCC[C@H](N)C(=O)OC(C=O)CN1CCC(CCn2c(Sc3cc4c(cc3Br)OCO4)nc3c(N)ncnc32)CC1. The van der Waals surface area contributed by atoms with Gasteiger partial charge in [-0.25, -0.2) is 15.0 Å². The molecule has 3 aromatic rings. The van der Waals surface area contributed by atoms with Crippen molar-refractivity contribution in [3.63, 3.8) is 0 Å². The number of hydrogen-bond donors (Lipinski definition) is 3. The molecule has 13 nitrogen and oxygen atoms in total. The van der Waals surface area contributed by atoms with Gasteiger partial charge in [0, 0.05) is 22.5 Å². The maximum absolute atomic E-state index is 12.3. The summed E-state index contributed by atoms with van der Waals surface area (Å²) in [5.74, 6) is 1.66. The predicted molar refractivity (Wildman–Crippen MR) is 165 cm³/mol.